The third-order valence-corrected chi connectivity index (χ3v) is 16.7. The van der Waals surface area contributed by atoms with E-state index in [-0.39, 0.29) is 18.5 Å². The molecule has 79 heavy (non-hydrogen) atoms. The van der Waals surface area contributed by atoms with Gasteiger partial charge in [0.05, 0.1) is 32.0 Å². The van der Waals surface area contributed by atoms with Crippen LogP contribution in [0.3, 0.4) is 0 Å². The third kappa shape index (κ3) is 47.5. The molecule has 0 radical (unpaired) electrons. The highest BCUT2D eigenvalue weighted by Gasteiger charge is 2.44. The second-order valence-electron chi connectivity index (χ2n) is 24.2. The van der Waals surface area contributed by atoms with E-state index >= 15 is 0 Å². The summed E-state index contributed by atoms with van der Waals surface area (Å²) in [4.78, 5) is 25.1. The zero-order valence-corrected chi connectivity index (χ0v) is 51.9. The van der Waals surface area contributed by atoms with Crippen molar-refractivity contribution >= 4 is 11.9 Å². The van der Waals surface area contributed by atoms with E-state index in [9.17, 15) is 35.1 Å². The quantitative estimate of drug-likeness (QED) is 0.0195. The maximum absolute atomic E-state index is 13.1. The fraction of sp³-hybridized carbons (Fsp3) is 0.941. The number of aliphatic hydroxyl groups is 5. The molecule has 6 N–H and O–H groups in total. The van der Waals surface area contributed by atoms with Gasteiger partial charge in [-0.3, -0.25) is 9.59 Å². The largest absolute Gasteiger partial charge is 0.466 e. The fourth-order valence-corrected chi connectivity index (χ4v) is 11.2. The van der Waals surface area contributed by atoms with Crippen LogP contribution < -0.4 is 5.32 Å². The zero-order valence-electron chi connectivity index (χ0n) is 51.9. The lowest BCUT2D eigenvalue weighted by molar-refractivity contribution is -0.302. The number of carbonyl (C=O) groups is 2. The number of hydrogen-bond donors (Lipinski definition) is 6. The van der Waals surface area contributed by atoms with Gasteiger partial charge in [0.1, 0.15) is 24.4 Å². The highest BCUT2D eigenvalue weighted by molar-refractivity contribution is 5.76. The Bertz CT molecular complexity index is 1320. The summed E-state index contributed by atoms with van der Waals surface area (Å²) < 4.78 is 16.8. The summed E-state index contributed by atoms with van der Waals surface area (Å²) >= 11 is 0. The van der Waals surface area contributed by atoms with Crippen molar-refractivity contribution < 1.29 is 49.3 Å². The number of allylic oxidation sites excluding steroid dienone is 1. The van der Waals surface area contributed by atoms with E-state index in [1.165, 1.54) is 263 Å². The standard InChI is InChI=1S/C68H131NO10/c1-3-5-7-9-11-13-15-16-28-31-35-38-42-46-50-54-61(71)60(59-78-68-67(76)66(75)65(74)62(58-70)79-68)69-63(72)55-51-47-43-39-36-32-29-26-24-22-20-18-17-19-21-23-25-27-30-33-37-41-45-49-53-57-77-64(73)56-52-48-44-40-34-14-12-10-8-6-4-2/h50,54,60-62,65-68,70-71,74-76H,3-49,51-53,55-59H2,1-2H3,(H,69,72)/b54-50+. The number of rotatable bonds is 61. The van der Waals surface area contributed by atoms with Crippen LogP contribution in [0.1, 0.15) is 348 Å². The van der Waals surface area contributed by atoms with E-state index in [0.717, 1.165) is 57.8 Å². The van der Waals surface area contributed by atoms with Crippen LogP contribution in [0.2, 0.25) is 0 Å². The van der Waals surface area contributed by atoms with Gasteiger partial charge in [-0.15, -0.1) is 0 Å². The SMILES string of the molecule is CCCCCCCCCCCCCCC/C=C/C(O)C(COC1OC(CO)C(O)C(O)C1O)NC(=O)CCCCCCCCCCCCCCCCCCCCCCCCCCCOC(=O)CCCCCCCCCCCCC. The minimum atomic E-state index is -1.57. The topological polar surface area (TPSA) is 175 Å². The summed E-state index contributed by atoms with van der Waals surface area (Å²) in [6, 6.07) is -0.808. The molecule has 1 aliphatic heterocycles. The second-order valence-corrected chi connectivity index (χ2v) is 24.2. The van der Waals surface area contributed by atoms with Crippen molar-refractivity contribution in [1.29, 1.82) is 0 Å². The molecule has 0 aromatic carbocycles. The average molecular weight is 1120 g/mol. The van der Waals surface area contributed by atoms with E-state index in [4.69, 9.17) is 14.2 Å². The molecule has 11 heteroatoms. The molecule has 1 aliphatic rings. The van der Waals surface area contributed by atoms with Gasteiger partial charge in [-0.25, -0.2) is 0 Å². The van der Waals surface area contributed by atoms with E-state index in [0.29, 0.717) is 19.4 Å². The van der Waals surface area contributed by atoms with Gasteiger partial charge in [-0.05, 0) is 32.1 Å². The maximum atomic E-state index is 13.1. The zero-order chi connectivity index (χ0) is 57.3. The third-order valence-electron chi connectivity index (χ3n) is 16.7. The number of amides is 1. The van der Waals surface area contributed by atoms with Crippen LogP contribution in [0.15, 0.2) is 12.2 Å². The molecule has 0 saturated carbocycles. The highest BCUT2D eigenvalue weighted by Crippen LogP contribution is 2.23. The van der Waals surface area contributed by atoms with Crippen molar-refractivity contribution in [2.75, 3.05) is 19.8 Å². The molecule has 1 fully saturated rings. The second kappa shape index (κ2) is 58.2. The fourth-order valence-electron chi connectivity index (χ4n) is 11.2. The molecule has 11 nitrogen and oxygen atoms in total. The molecule has 468 valence electrons. The summed E-state index contributed by atoms with van der Waals surface area (Å²) in [5.74, 6) is -0.170. The van der Waals surface area contributed by atoms with Crippen molar-refractivity contribution in [3.05, 3.63) is 12.2 Å². The van der Waals surface area contributed by atoms with E-state index in [1.807, 2.05) is 6.08 Å². The minimum Gasteiger partial charge on any atom is -0.466 e. The van der Waals surface area contributed by atoms with Crippen LogP contribution in [0.4, 0.5) is 0 Å². The Kier molecular flexibility index (Phi) is 55.5. The number of ether oxygens (including phenoxy) is 3. The van der Waals surface area contributed by atoms with Gasteiger partial charge in [-0.1, -0.05) is 315 Å². The van der Waals surface area contributed by atoms with Crippen molar-refractivity contribution in [3.63, 3.8) is 0 Å². The lowest BCUT2D eigenvalue weighted by Crippen LogP contribution is -2.60. The molecule has 1 heterocycles. The Labute approximate surface area is 487 Å². The van der Waals surface area contributed by atoms with Crippen molar-refractivity contribution in [1.82, 2.24) is 5.32 Å². The van der Waals surface area contributed by atoms with Gasteiger partial charge in [-0.2, -0.15) is 0 Å². The smallest absolute Gasteiger partial charge is 0.305 e. The molecule has 7 unspecified atom stereocenters. The van der Waals surface area contributed by atoms with Crippen molar-refractivity contribution in [2.45, 2.75) is 391 Å². The van der Waals surface area contributed by atoms with Crippen LogP contribution in [0.5, 0.6) is 0 Å². The highest BCUT2D eigenvalue weighted by atomic mass is 16.7. The predicted octanol–water partition coefficient (Wildman–Crippen LogP) is 17.1. The molecule has 0 spiro atoms. The number of esters is 1. The van der Waals surface area contributed by atoms with Gasteiger partial charge in [0, 0.05) is 12.8 Å². The number of nitrogens with one attached hydrogen (secondary N) is 1. The van der Waals surface area contributed by atoms with E-state index in [2.05, 4.69) is 19.2 Å². The van der Waals surface area contributed by atoms with Crippen LogP contribution in [-0.2, 0) is 23.8 Å². The van der Waals surface area contributed by atoms with Crippen molar-refractivity contribution in [2.24, 2.45) is 0 Å². The first-order valence-corrected chi connectivity index (χ1v) is 34.5. The Morgan fingerprint density at radius 1 is 0.456 bits per heavy atom. The summed E-state index contributed by atoms with van der Waals surface area (Å²) in [5.41, 5.74) is 0. The number of unbranched alkanes of at least 4 members (excludes halogenated alkanes) is 47. The molecule has 1 amide bonds. The number of hydrogen-bond acceptors (Lipinski definition) is 10. The molecule has 0 bridgehead atoms. The Balaban J connectivity index is 2.02. The van der Waals surface area contributed by atoms with Crippen LogP contribution in [0, 0.1) is 0 Å². The number of carbonyl (C=O) groups excluding carboxylic acids is 2. The Morgan fingerprint density at radius 2 is 0.797 bits per heavy atom. The first-order valence-electron chi connectivity index (χ1n) is 34.5. The molecular weight excluding hydrogens is 991 g/mol. The first-order chi connectivity index (χ1) is 38.7. The minimum absolute atomic E-state index is 0.00637. The molecule has 0 aromatic rings. The van der Waals surface area contributed by atoms with Gasteiger partial charge in [0.15, 0.2) is 6.29 Å². The maximum Gasteiger partial charge on any atom is 0.305 e. The summed E-state index contributed by atoms with van der Waals surface area (Å²) in [5, 5.41) is 54.6. The Morgan fingerprint density at radius 3 is 1.18 bits per heavy atom. The van der Waals surface area contributed by atoms with Gasteiger partial charge in [0.2, 0.25) is 5.91 Å². The first kappa shape index (κ1) is 75.4. The predicted molar refractivity (Wildman–Crippen MR) is 329 cm³/mol. The van der Waals surface area contributed by atoms with Crippen LogP contribution in [0.25, 0.3) is 0 Å². The van der Waals surface area contributed by atoms with Gasteiger partial charge < -0.3 is 45.1 Å². The lowest BCUT2D eigenvalue weighted by atomic mass is 9.99. The normalized spacial score (nSPS) is 18.4. The van der Waals surface area contributed by atoms with Gasteiger partial charge >= 0.3 is 5.97 Å². The van der Waals surface area contributed by atoms with Gasteiger partial charge in [0.25, 0.3) is 0 Å². The number of aliphatic hydroxyl groups excluding tert-OH is 5. The average Bonchev–Trinajstić information content (AvgIpc) is 3.50. The monoisotopic (exact) mass is 1120 g/mol. The molecular formula is C68H131NO10. The summed E-state index contributed by atoms with van der Waals surface area (Å²) in [6.07, 6.45) is 60.3. The molecule has 1 saturated heterocycles. The molecule has 0 aromatic heterocycles. The molecule has 7 atom stereocenters. The lowest BCUT2D eigenvalue weighted by Gasteiger charge is -2.40. The van der Waals surface area contributed by atoms with Crippen LogP contribution in [-0.4, -0.2) is 100 Å². The summed E-state index contributed by atoms with van der Waals surface area (Å²) in [6.45, 7) is 4.38. The van der Waals surface area contributed by atoms with E-state index < -0.39 is 49.5 Å². The Hall–Kier alpha value is -1.60. The van der Waals surface area contributed by atoms with E-state index in [1.54, 1.807) is 6.08 Å². The van der Waals surface area contributed by atoms with Crippen LogP contribution >= 0.6 is 0 Å². The van der Waals surface area contributed by atoms with Crippen molar-refractivity contribution in [3.8, 4) is 0 Å². The molecule has 1 rings (SSSR count). The molecule has 0 aliphatic carbocycles. The summed E-state index contributed by atoms with van der Waals surface area (Å²) in [7, 11) is 0.